The third-order valence-corrected chi connectivity index (χ3v) is 3.01. The van der Waals surface area contributed by atoms with Crippen LogP contribution in [0.25, 0.3) is 0 Å². The Labute approximate surface area is 89.2 Å². The molecule has 0 bridgehead atoms. The number of ether oxygens (including phenoxy) is 1. The molecule has 1 aliphatic heterocycles. The number of aromatic nitrogens is 2. The Morgan fingerprint density at radius 1 is 1.60 bits per heavy atom. The molecular weight excluding hydrogens is 220 g/mol. The van der Waals surface area contributed by atoms with E-state index in [1.807, 2.05) is 0 Å². The highest BCUT2D eigenvalue weighted by molar-refractivity contribution is 8.00. The van der Waals surface area contributed by atoms with E-state index in [9.17, 15) is 10.1 Å². The number of nitrogens with two attached hydrogens (primary N) is 1. The molecule has 0 spiro atoms. The van der Waals surface area contributed by atoms with Gasteiger partial charge in [-0.3, -0.25) is 10.1 Å². The van der Waals surface area contributed by atoms with Gasteiger partial charge in [0, 0.05) is 0 Å². The second-order valence-corrected chi connectivity index (χ2v) is 4.24. The normalized spacial score (nSPS) is 16.0. The molecule has 1 aliphatic rings. The Hall–Kier alpha value is -1.41. The predicted molar refractivity (Wildman–Crippen MR) is 53.6 cm³/mol. The standard InChI is InChI=1S/C7H8N4O3S/c8-6-5(11(12)13)7(10-3-9-6)15-4-1-14-2-4/h3-4H,1-2H2,(H2,8,9,10). The molecule has 7 nitrogen and oxygen atoms in total. The lowest BCUT2D eigenvalue weighted by molar-refractivity contribution is -0.387. The molecular formula is C7H8N4O3S. The van der Waals surface area contributed by atoms with Gasteiger partial charge in [0.15, 0.2) is 5.03 Å². The van der Waals surface area contributed by atoms with E-state index in [4.69, 9.17) is 10.5 Å². The number of nitro groups is 1. The summed E-state index contributed by atoms with van der Waals surface area (Å²) in [7, 11) is 0. The van der Waals surface area contributed by atoms with E-state index >= 15 is 0 Å². The van der Waals surface area contributed by atoms with Crippen molar-refractivity contribution in [3.63, 3.8) is 0 Å². The molecule has 2 N–H and O–H groups in total. The minimum Gasteiger partial charge on any atom is -0.379 e. The van der Waals surface area contributed by atoms with Gasteiger partial charge in [0.2, 0.25) is 5.82 Å². The molecule has 8 heteroatoms. The van der Waals surface area contributed by atoms with Crippen molar-refractivity contribution in [2.24, 2.45) is 0 Å². The summed E-state index contributed by atoms with van der Waals surface area (Å²) in [6.07, 6.45) is 1.23. The van der Waals surface area contributed by atoms with E-state index in [1.165, 1.54) is 18.1 Å². The SMILES string of the molecule is Nc1ncnc(SC2COC2)c1[N+](=O)[O-]. The Morgan fingerprint density at radius 3 is 2.87 bits per heavy atom. The van der Waals surface area contributed by atoms with Gasteiger partial charge in [0.1, 0.15) is 6.33 Å². The van der Waals surface area contributed by atoms with E-state index in [0.29, 0.717) is 18.2 Å². The molecule has 0 saturated carbocycles. The summed E-state index contributed by atoms with van der Waals surface area (Å²) in [5.74, 6) is -0.0993. The smallest absolute Gasteiger partial charge is 0.343 e. The molecule has 0 amide bonds. The van der Waals surface area contributed by atoms with Crippen molar-refractivity contribution in [2.75, 3.05) is 18.9 Å². The van der Waals surface area contributed by atoms with Gasteiger partial charge in [-0.25, -0.2) is 9.97 Å². The van der Waals surface area contributed by atoms with Crippen molar-refractivity contribution in [2.45, 2.75) is 10.3 Å². The fourth-order valence-corrected chi connectivity index (χ4v) is 2.12. The summed E-state index contributed by atoms with van der Waals surface area (Å²) in [4.78, 5) is 17.6. The van der Waals surface area contributed by atoms with E-state index < -0.39 is 4.92 Å². The minimum atomic E-state index is -0.558. The van der Waals surface area contributed by atoms with Gasteiger partial charge in [-0.2, -0.15) is 0 Å². The van der Waals surface area contributed by atoms with Crippen LogP contribution in [0.4, 0.5) is 11.5 Å². The predicted octanol–water partition coefficient (Wildman–Crippen LogP) is 0.458. The molecule has 1 aromatic rings. The second kappa shape index (κ2) is 3.99. The van der Waals surface area contributed by atoms with Gasteiger partial charge in [0.25, 0.3) is 0 Å². The van der Waals surface area contributed by atoms with Crippen LogP contribution in [-0.4, -0.2) is 33.4 Å². The van der Waals surface area contributed by atoms with Crippen LogP contribution in [0, 0.1) is 10.1 Å². The molecule has 0 aliphatic carbocycles. The number of rotatable bonds is 3. The summed E-state index contributed by atoms with van der Waals surface area (Å²) in [5.41, 5.74) is 5.21. The molecule has 0 atom stereocenters. The first-order chi connectivity index (χ1) is 7.18. The lowest BCUT2D eigenvalue weighted by atomic mass is 10.4. The second-order valence-electron chi connectivity index (χ2n) is 2.95. The van der Waals surface area contributed by atoms with Gasteiger partial charge >= 0.3 is 5.69 Å². The molecule has 0 aromatic carbocycles. The molecule has 15 heavy (non-hydrogen) atoms. The lowest BCUT2D eigenvalue weighted by Crippen LogP contribution is -2.30. The Morgan fingerprint density at radius 2 is 2.33 bits per heavy atom. The van der Waals surface area contributed by atoms with Crippen molar-refractivity contribution >= 4 is 23.3 Å². The number of thioether (sulfide) groups is 1. The maximum Gasteiger partial charge on any atom is 0.343 e. The molecule has 1 fully saturated rings. The van der Waals surface area contributed by atoms with Crippen LogP contribution in [0.3, 0.4) is 0 Å². The maximum atomic E-state index is 10.7. The van der Waals surface area contributed by atoms with E-state index in [2.05, 4.69) is 9.97 Å². The van der Waals surface area contributed by atoms with E-state index in [0.717, 1.165) is 0 Å². The maximum absolute atomic E-state index is 10.7. The fraction of sp³-hybridized carbons (Fsp3) is 0.429. The van der Waals surface area contributed by atoms with Crippen LogP contribution in [0.2, 0.25) is 0 Å². The van der Waals surface area contributed by atoms with Gasteiger partial charge in [-0.15, -0.1) is 0 Å². The highest BCUT2D eigenvalue weighted by Gasteiger charge is 2.27. The van der Waals surface area contributed by atoms with Crippen molar-refractivity contribution in [1.82, 2.24) is 9.97 Å². The first-order valence-corrected chi connectivity index (χ1v) is 5.05. The number of nitrogens with zero attached hydrogens (tertiary/aromatic N) is 3. The molecule has 0 unspecified atom stereocenters. The largest absolute Gasteiger partial charge is 0.379 e. The number of anilines is 1. The van der Waals surface area contributed by atoms with Crippen molar-refractivity contribution in [1.29, 1.82) is 0 Å². The van der Waals surface area contributed by atoms with Crippen molar-refractivity contribution < 1.29 is 9.66 Å². The summed E-state index contributed by atoms with van der Waals surface area (Å²) >= 11 is 1.30. The molecule has 1 aromatic heterocycles. The van der Waals surface area contributed by atoms with Crippen LogP contribution in [0.1, 0.15) is 0 Å². The molecule has 80 valence electrons. The fourth-order valence-electron chi connectivity index (χ4n) is 1.07. The lowest BCUT2D eigenvalue weighted by Gasteiger charge is -2.24. The van der Waals surface area contributed by atoms with Crippen molar-refractivity contribution in [3.8, 4) is 0 Å². The number of nitrogen functional groups attached to an aromatic ring is 1. The monoisotopic (exact) mass is 228 g/mol. The first kappa shape index (κ1) is 10.1. The van der Waals surface area contributed by atoms with Crippen LogP contribution >= 0.6 is 11.8 Å². The van der Waals surface area contributed by atoms with Gasteiger partial charge in [-0.05, 0) is 0 Å². The van der Waals surface area contributed by atoms with Gasteiger partial charge in [0.05, 0.1) is 23.4 Å². The number of hydrogen-bond donors (Lipinski definition) is 1. The van der Waals surface area contributed by atoms with Crippen molar-refractivity contribution in [3.05, 3.63) is 16.4 Å². The summed E-state index contributed by atoms with van der Waals surface area (Å²) in [6.45, 7) is 1.18. The molecule has 1 saturated heterocycles. The Bertz CT molecular complexity index is 396. The van der Waals surface area contributed by atoms with Gasteiger partial charge < -0.3 is 10.5 Å². The zero-order valence-corrected chi connectivity index (χ0v) is 8.44. The summed E-state index contributed by atoms with van der Waals surface area (Å²) < 4.78 is 4.97. The third kappa shape index (κ3) is 2.00. The molecule has 0 radical (unpaired) electrons. The highest BCUT2D eigenvalue weighted by Crippen LogP contribution is 2.34. The van der Waals surface area contributed by atoms with Crippen LogP contribution in [0.5, 0.6) is 0 Å². The summed E-state index contributed by atoms with van der Waals surface area (Å²) in [5, 5.41) is 11.3. The zero-order valence-electron chi connectivity index (χ0n) is 7.62. The minimum absolute atomic E-state index is 0.0993. The van der Waals surface area contributed by atoms with E-state index in [-0.39, 0.29) is 16.8 Å². The molecule has 2 heterocycles. The Balaban J connectivity index is 2.27. The summed E-state index contributed by atoms with van der Waals surface area (Å²) in [6, 6.07) is 0. The van der Waals surface area contributed by atoms with Crippen LogP contribution in [0.15, 0.2) is 11.4 Å². The van der Waals surface area contributed by atoms with Crippen LogP contribution < -0.4 is 5.73 Å². The zero-order chi connectivity index (χ0) is 10.8. The average molecular weight is 228 g/mol. The third-order valence-electron chi connectivity index (χ3n) is 1.89. The molecule has 2 rings (SSSR count). The first-order valence-electron chi connectivity index (χ1n) is 4.17. The van der Waals surface area contributed by atoms with E-state index in [1.54, 1.807) is 0 Å². The van der Waals surface area contributed by atoms with Crippen LogP contribution in [-0.2, 0) is 4.74 Å². The Kier molecular flexibility index (Phi) is 2.69. The average Bonchev–Trinajstić information content (AvgIpc) is 2.10. The highest BCUT2D eigenvalue weighted by atomic mass is 32.2. The quantitative estimate of drug-likeness (QED) is 0.455. The topological polar surface area (TPSA) is 104 Å². The van der Waals surface area contributed by atoms with Gasteiger partial charge in [-0.1, -0.05) is 11.8 Å². The number of hydrogen-bond acceptors (Lipinski definition) is 7.